The van der Waals surface area contributed by atoms with Crippen molar-refractivity contribution in [2.45, 2.75) is 20.3 Å². The van der Waals surface area contributed by atoms with E-state index in [0.29, 0.717) is 39.3 Å². The van der Waals surface area contributed by atoms with Crippen molar-refractivity contribution >= 4 is 22.6 Å². The molecule has 3 rings (SSSR count). The highest BCUT2D eigenvalue weighted by atomic mass is 16.6. The van der Waals surface area contributed by atoms with Gasteiger partial charge in [-0.15, -0.1) is 0 Å². The molecule has 0 aliphatic heterocycles. The van der Waals surface area contributed by atoms with Gasteiger partial charge in [-0.05, 0) is 32.4 Å². The summed E-state index contributed by atoms with van der Waals surface area (Å²) < 4.78 is 12.0. The van der Waals surface area contributed by atoms with Gasteiger partial charge in [0.15, 0.2) is 17.1 Å². The fourth-order valence-corrected chi connectivity index (χ4v) is 3.44. The molecule has 0 saturated carbocycles. The second-order valence-corrected chi connectivity index (χ2v) is 6.82. The van der Waals surface area contributed by atoms with E-state index in [-0.39, 0.29) is 30.3 Å². The van der Waals surface area contributed by atoms with Crippen molar-refractivity contribution in [1.82, 2.24) is 20.1 Å². The summed E-state index contributed by atoms with van der Waals surface area (Å²) in [5.41, 5.74) is 2.86. The molecular formula is C20H23N5O5. The van der Waals surface area contributed by atoms with Crippen molar-refractivity contribution in [1.29, 1.82) is 0 Å². The van der Waals surface area contributed by atoms with Crippen LogP contribution >= 0.6 is 0 Å². The van der Waals surface area contributed by atoms with E-state index in [9.17, 15) is 14.9 Å². The molecule has 0 radical (unpaired) electrons. The molecule has 158 valence electrons. The lowest BCUT2D eigenvalue weighted by Gasteiger charge is -2.11. The summed E-state index contributed by atoms with van der Waals surface area (Å²) >= 11 is 0. The predicted molar refractivity (Wildman–Crippen MR) is 110 cm³/mol. The van der Waals surface area contributed by atoms with Crippen molar-refractivity contribution in [3.05, 3.63) is 50.8 Å². The predicted octanol–water partition coefficient (Wildman–Crippen LogP) is 2.48. The number of amides is 1. The minimum atomic E-state index is -0.478. The Morgan fingerprint density at radius 1 is 1.20 bits per heavy atom. The molecule has 1 amide bonds. The highest BCUT2D eigenvalue weighted by Gasteiger charge is 2.21. The van der Waals surface area contributed by atoms with Crippen LogP contribution in [-0.4, -0.2) is 46.4 Å². The summed E-state index contributed by atoms with van der Waals surface area (Å²) in [6.07, 6.45) is 0.252. The van der Waals surface area contributed by atoms with Gasteiger partial charge in [0.25, 0.3) is 11.6 Å². The molecule has 1 aromatic carbocycles. The van der Waals surface area contributed by atoms with E-state index in [1.54, 1.807) is 23.9 Å². The lowest BCUT2D eigenvalue weighted by molar-refractivity contribution is -0.385. The molecule has 2 aromatic heterocycles. The molecule has 0 saturated heterocycles. The van der Waals surface area contributed by atoms with Crippen LogP contribution in [0.15, 0.2) is 18.2 Å². The molecule has 0 unspecified atom stereocenters. The Balaban J connectivity index is 1.83. The second-order valence-electron chi connectivity index (χ2n) is 6.82. The van der Waals surface area contributed by atoms with Crippen LogP contribution in [0.2, 0.25) is 0 Å². The molecule has 3 aromatic rings. The zero-order valence-electron chi connectivity index (χ0n) is 17.5. The van der Waals surface area contributed by atoms with E-state index in [1.807, 2.05) is 13.8 Å². The topological polar surface area (TPSA) is 121 Å². The average molecular weight is 413 g/mol. The minimum Gasteiger partial charge on any atom is -0.493 e. The molecule has 2 heterocycles. The number of nitro benzene ring substituents is 1. The van der Waals surface area contributed by atoms with Crippen LogP contribution in [0.1, 0.15) is 27.3 Å². The number of pyridine rings is 1. The number of rotatable bonds is 7. The van der Waals surface area contributed by atoms with E-state index in [0.717, 1.165) is 0 Å². The van der Waals surface area contributed by atoms with Gasteiger partial charge in [-0.25, -0.2) is 4.98 Å². The molecule has 1 N–H and O–H groups in total. The number of fused-ring (bicyclic) bond motifs is 1. The molecule has 30 heavy (non-hydrogen) atoms. The van der Waals surface area contributed by atoms with Gasteiger partial charge in [-0.2, -0.15) is 5.10 Å². The number of carbonyl (C=O) groups excluding carboxylic acids is 1. The van der Waals surface area contributed by atoms with Gasteiger partial charge in [0.2, 0.25) is 0 Å². The first-order valence-electron chi connectivity index (χ1n) is 9.25. The van der Waals surface area contributed by atoms with Crippen LogP contribution in [0.3, 0.4) is 0 Å². The number of methoxy groups -OCH3 is 2. The Bertz CT molecular complexity index is 1140. The molecular weight excluding hydrogens is 390 g/mol. The number of hydrogen-bond donors (Lipinski definition) is 1. The van der Waals surface area contributed by atoms with Gasteiger partial charge in [0.05, 0.1) is 41.9 Å². The maximum Gasteiger partial charge on any atom is 0.276 e. The van der Waals surface area contributed by atoms with Gasteiger partial charge >= 0.3 is 0 Å². The van der Waals surface area contributed by atoms with Crippen molar-refractivity contribution in [3.8, 4) is 11.5 Å². The summed E-state index contributed by atoms with van der Waals surface area (Å²) in [6.45, 7) is 3.84. The van der Waals surface area contributed by atoms with Gasteiger partial charge < -0.3 is 14.8 Å². The largest absolute Gasteiger partial charge is 0.493 e. The monoisotopic (exact) mass is 413 g/mol. The maximum absolute atomic E-state index is 12.9. The Morgan fingerprint density at radius 2 is 1.87 bits per heavy atom. The standard InChI is InChI=1S/C20H23N5O5/c1-11-8-14(18-12(2)23-24(3)19(18)22-11)20(26)21-7-6-13-9-16(29-4)17(30-5)10-15(13)25(27)28/h8-10H,6-7H2,1-5H3,(H,21,26). The lowest BCUT2D eigenvalue weighted by atomic mass is 10.1. The van der Waals surface area contributed by atoms with E-state index in [1.165, 1.54) is 20.3 Å². The number of hydrogen-bond acceptors (Lipinski definition) is 7. The van der Waals surface area contributed by atoms with Gasteiger partial charge in [0.1, 0.15) is 0 Å². The molecule has 10 nitrogen and oxygen atoms in total. The maximum atomic E-state index is 12.9. The van der Waals surface area contributed by atoms with Crippen LogP contribution in [0.5, 0.6) is 11.5 Å². The molecule has 0 aliphatic carbocycles. The fraction of sp³-hybridized carbons (Fsp3) is 0.350. The van der Waals surface area contributed by atoms with E-state index in [4.69, 9.17) is 9.47 Å². The van der Waals surface area contributed by atoms with E-state index < -0.39 is 4.92 Å². The first kappa shape index (κ1) is 21.0. The second kappa shape index (κ2) is 8.36. The van der Waals surface area contributed by atoms with Gasteiger partial charge in [0, 0.05) is 24.8 Å². The average Bonchev–Trinajstić information content (AvgIpc) is 2.99. The van der Waals surface area contributed by atoms with Crippen molar-refractivity contribution in [2.24, 2.45) is 7.05 Å². The Morgan fingerprint density at radius 3 is 2.50 bits per heavy atom. The fourth-order valence-electron chi connectivity index (χ4n) is 3.44. The van der Waals surface area contributed by atoms with Crippen LogP contribution < -0.4 is 14.8 Å². The third kappa shape index (κ3) is 3.88. The Kier molecular flexibility index (Phi) is 5.86. The third-order valence-electron chi connectivity index (χ3n) is 4.80. The SMILES string of the molecule is COc1cc(CCNC(=O)c2cc(C)nc3c2c(C)nn3C)c([N+](=O)[O-])cc1OC. The smallest absolute Gasteiger partial charge is 0.276 e. The van der Waals surface area contributed by atoms with Crippen LogP contribution in [-0.2, 0) is 13.5 Å². The zero-order chi connectivity index (χ0) is 22.0. The number of carbonyl (C=O) groups is 1. The molecule has 0 atom stereocenters. The molecule has 0 aliphatic rings. The highest BCUT2D eigenvalue weighted by Crippen LogP contribution is 2.34. The molecule has 0 bridgehead atoms. The summed E-state index contributed by atoms with van der Waals surface area (Å²) in [4.78, 5) is 28.3. The van der Waals surface area contributed by atoms with E-state index in [2.05, 4.69) is 15.4 Å². The van der Waals surface area contributed by atoms with Crippen LogP contribution in [0.25, 0.3) is 11.0 Å². The number of aromatic nitrogens is 3. The summed E-state index contributed by atoms with van der Waals surface area (Å²) in [6, 6.07) is 4.60. The molecule has 10 heteroatoms. The zero-order valence-corrected chi connectivity index (χ0v) is 17.5. The number of ether oxygens (including phenoxy) is 2. The van der Waals surface area contributed by atoms with Crippen molar-refractivity contribution in [2.75, 3.05) is 20.8 Å². The van der Waals surface area contributed by atoms with Crippen molar-refractivity contribution in [3.63, 3.8) is 0 Å². The number of aryl methyl sites for hydroxylation is 3. The normalized spacial score (nSPS) is 10.8. The van der Waals surface area contributed by atoms with Crippen LogP contribution in [0, 0.1) is 24.0 Å². The number of nitrogens with one attached hydrogen (secondary N) is 1. The Labute approximate surface area is 173 Å². The van der Waals surface area contributed by atoms with Gasteiger partial charge in [-0.3, -0.25) is 19.6 Å². The third-order valence-corrected chi connectivity index (χ3v) is 4.80. The van der Waals surface area contributed by atoms with E-state index >= 15 is 0 Å². The number of nitrogens with zero attached hydrogens (tertiary/aromatic N) is 4. The lowest BCUT2D eigenvalue weighted by Crippen LogP contribution is -2.26. The van der Waals surface area contributed by atoms with Gasteiger partial charge in [-0.1, -0.05) is 0 Å². The quantitative estimate of drug-likeness (QED) is 0.466. The first-order valence-corrected chi connectivity index (χ1v) is 9.25. The highest BCUT2D eigenvalue weighted by molar-refractivity contribution is 6.06. The Hall–Kier alpha value is -3.69. The summed E-state index contributed by atoms with van der Waals surface area (Å²) in [5.74, 6) is 0.380. The van der Waals surface area contributed by atoms with Crippen LogP contribution in [0.4, 0.5) is 5.69 Å². The minimum absolute atomic E-state index is 0.0906. The number of benzene rings is 1. The first-order chi connectivity index (χ1) is 14.3. The van der Waals surface area contributed by atoms with Crippen molar-refractivity contribution < 1.29 is 19.2 Å². The summed E-state index contributed by atoms with van der Waals surface area (Å²) in [5, 5.41) is 19.3. The molecule has 0 fully saturated rings. The summed E-state index contributed by atoms with van der Waals surface area (Å²) in [7, 11) is 4.65. The number of nitro groups is 1. The molecule has 0 spiro atoms.